The molecule has 0 atom stereocenters. The fourth-order valence-electron chi connectivity index (χ4n) is 1.08. The smallest absolute Gasteiger partial charge is 0.209 e. The van der Waals surface area contributed by atoms with E-state index in [1.165, 1.54) is 0 Å². The summed E-state index contributed by atoms with van der Waals surface area (Å²) >= 11 is 1.62. The first-order valence-electron chi connectivity index (χ1n) is 4.88. The molecule has 0 unspecified atom stereocenters. The first kappa shape index (κ1) is 12.4. The molecule has 0 aliphatic carbocycles. The second kappa shape index (κ2) is 6.76. The van der Waals surface area contributed by atoms with Crippen molar-refractivity contribution in [3.63, 3.8) is 0 Å². The van der Waals surface area contributed by atoms with E-state index in [1.54, 1.807) is 16.4 Å². The third-order valence-electron chi connectivity index (χ3n) is 1.79. The number of aromatic nitrogens is 4. The van der Waals surface area contributed by atoms with Crippen molar-refractivity contribution in [2.45, 2.75) is 18.1 Å². The van der Waals surface area contributed by atoms with Gasteiger partial charge in [-0.25, -0.2) is 4.68 Å². The van der Waals surface area contributed by atoms with Gasteiger partial charge < -0.3 is 10.0 Å². The lowest BCUT2D eigenvalue weighted by Crippen LogP contribution is -2.13. The Morgan fingerprint density at radius 1 is 1.47 bits per heavy atom. The van der Waals surface area contributed by atoms with E-state index in [4.69, 9.17) is 5.11 Å². The minimum absolute atomic E-state index is 0.0658. The molecule has 0 aliphatic rings. The van der Waals surface area contributed by atoms with Crippen LogP contribution in [0, 0.1) is 0 Å². The Morgan fingerprint density at radius 2 is 2.27 bits per heavy atom. The van der Waals surface area contributed by atoms with Gasteiger partial charge in [0.15, 0.2) is 0 Å². The van der Waals surface area contributed by atoms with Crippen molar-refractivity contribution in [1.82, 2.24) is 25.1 Å². The Hall–Kier alpha value is -0.660. The third-order valence-corrected chi connectivity index (χ3v) is 2.84. The van der Waals surface area contributed by atoms with Crippen molar-refractivity contribution in [3.8, 4) is 0 Å². The Kier molecular flexibility index (Phi) is 5.59. The molecular weight excluding hydrogens is 214 g/mol. The summed E-state index contributed by atoms with van der Waals surface area (Å²) in [6.45, 7) is 1.59. The van der Waals surface area contributed by atoms with Crippen LogP contribution in [0.1, 0.15) is 6.42 Å². The molecule has 0 aromatic carbocycles. The molecule has 1 heterocycles. The van der Waals surface area contributed by atoms with Crippen LogP contribution in [0.2, 0.25) is 0 Å². The highest BCUT2D eigenvalue weighted by Crippen LogP contribution is 2.14. The minimum atomic E-state index is 0.0658. The fraction of sp³-hybridized carbons (Fsp3) is 0.875. The van der Waals surface area contributed by atoms with E-state index in [-0.39, 0.29) is 6.61 Å². The Labute approximate surface area is 93.6 Å². The van der Waals surface area contributed by atoms with Crippen LogP contribution in [-0.2, 0) is 6.54 Å². The van der Waals surface area contributed by atoms with E-state index < -0.39 is 0 Å². The molecule has 0 saturated carbocycles. The van der Waals surface area contributed by atoms with Gasteiger partial charge in [-0.2, -0.15) is 0 Å². The SMILES string of the molecule is CN(C)CCCSc1nnnn1CCO. The van der Waals surface area contributed by atoms with E-state index in [9.17, 15) is 0 Å². The van der Waals surface area contributed by atoms with Crippen molar-refractivity contribution in [1.29, 1.82) is 0 Å². The molecule has 1 aromatic heterocycles. The van der Waals surface area contributed by atoms with Crippen molar-refractivity contribution >= 4 is 11.8 Å². The average Bonchev–Trinajstić information content (AvgIpc) is 2.61. The maximum atomic E-state index is 8.77. The van der Waals surface area contributed by atoms with Crippen LogP contribution >= 0.6 is 11.8 Å². The highest BCUT2D eigenvalue weighted by molar-refractivity contribution is 7.99. The van der Waals surface area contributed by atoms with E-state index in [2.05, 4.69) is 34.5 Å². The van der Waals surface area contributed by atoms with Crippen LogP contribution in [0.5, 0.6) is 0 Å². The molecule has 0 radical (unpaired) electrons. The molecule has 1 aromatic rings. The molecule has 1 N–H and O–H groups in total. The zero-order valence-corrected chi connectivity index (χ0v) is 9.94. The molecular formula is C8H17N5OS. The number of aliphatic hydroxyl groups excluding tert-OH is 1. The van der Waals surface area contributed by atoms with Gasteiger partial charge in [-0.3, -0.25) is 0 Å². The van der Waals surface area contributed by atoms with Crippen LogP contribution in [0.25, 0.3) is 0 Å². The van der Waals surface area contributed by atoms with Gasteiger partial charge in [0.1, 0.15) is 0 Å². The van der Waals surface area contributed by atoms with Crippen molar-refractivity contribution in [3.05, 3.63) is 0 Å². The Bertz CT molecular complexity index is 278. The van der Waals surface area contributed by atoms with Crippen LogP contribution in [0.4, 0.5) is 0 Å². The Balaban J connectivity index is 2.27. The fourth-order valence-corrected chi connectivity index (χ4v) is 1.91. The maximum Gasteiger partial charge on any atom is 0.209 e. The predicted octanol–water partition coefficient (Wildman–Crippen LogP) is -0.291. The van der Waals surface area contributed by atoms with Crippen LogP contribution in [0.3, 0.4) is 0 Å². The first-order valence-corrected chi connectivity index (χ1v) is 5.87. The van der Waals surface area contributed by atoms with E-state index in [1.807, 2.05) is 0 Å². The summed E-state index contributed by atoms with van der Waals surface area (Å²) in [6.07, 6.45) is 1.10. The summed E-state index contributed by atoms with van der Waals surface area (Å²) in [5.74, 6) is 0.990. The number of tetrazole rings is 1. The van der Waals surface area contributed by atoms with Crippen molar-refractivity contribution in [2.24, 2.45) is 0 Å². The molecule has 0 spiro atoms. The van der Waals surface area contributed by atoms with Gasteiger partial charge in [0, 0.05) is 5.75 Å². The molecule has 0 fully saturated rings. The summed E-state index contributed by atoms with van der Waals surface area (Å²) in [4.78, 5) is 2.15. The summed E-state index contributed by atoms with van der Waals surface area (Å²) < 4.78 is 1.63. The highest BCUT2D eigenvalue weighted by Gasteiger charge is 2.05. The second-order valence-corrected chi connectivity index (χ2v) is 4.48. The maximum absolute atomic E-state index is 8.77. The van der Waals surface area contributed by atoms with Gasteiger partial charge >= 0.3 is 0 Å². The molecule has 6 nitrogen and oxygen atoms in total. The molecule has 7 heteroatoms. The molecule has 0 aliphatic heterocycles. The number of aliphatic hydroxyl groups is 1. The predicted molar refractivity (Wildman–Crippen MR) is 58.8 cm³/mol. The van der Waals surface area contributed by atoms with Gasteiger partial charge in [-0.05, 0) is 37.5 Å². The molecule has 15 heavy (non-hydrogen) atoms. The Morgan fingerprint density at radius 3 is 2.93 bits per heavy atom. The van der Waals surface area contributed by atoms with Crippen molar-refractivity contribution < 1.29 is 5.11 Å². The summed E-state index contributed by atoms with van der Waals surface area (Å²) in [7, 11) is 4.11. The number of hydrogen-bond donors (Lipinski definition) is 1. The summed E-state index contributed by atoms with van der Waals surface area (Å²) in [5, 5.41) is 20.8. The van der Waals surface area contributed by atoms with Gasteiger partial charge in [-0.1, -0.05) is 11.8 Å². The zero-order chi connectivity index (χ0) is 11.1. The topological polar surface area (TPSA) is 67.1 Å². The van der Waals surface area contributed by atoms with E-state index in [0.29, 0.717) is 6.54 Å². The van der Waals surface area contributed by atoms with Gasteiger partial charge in [0.25, 0.3) is 0 Å². The number of hydrogen-bond acceptors (Lipinski definition) is 6. The zero-order valence-electron chi connectivity index (χ0n) is 9.13. The molecule has 0 saturated heterocycles. The van der Waals surface area contributed by atoms with Gasteiger partial charge in [0.2, 0.25) is 5.16 Å². The van der Waals surface area contributed by atoms with Crippen molar-refractivity contribution in [2.75, 3.05) is 33.0 Å². The third kappa shape index (κ3) is 4.59. The lowest BCUT2D eigenvalue weighted by molar-refractivity contribution is 0.262. The molecule has 1 rings (SSSR count). The lowest BCUT2D eigenvalue weighted by Gasteiger charge is -2.08. The molecule has 86 valence electrons. The minimum Gasteiger partial charge on any atom is -0.394 e. The monoisotopic (exact) mass is 231 g/mol. The van der Waals surface area contributed by atoms with Crippen LogP contribution < -0.4 is 0 Å². The number of rotatable bonds is 7. The second-order valence-electron chi connectivity index (χ2n) is 3.41. The normalized spacial score (nSPS) is 11.2. The first-order chi connectivity index (χ1) is 7.24. The number of nitrogens with zero attached hydrogens (tertiary/aromatic N) is 5. The quantitative estimate of drug-likeness (QED) is 0.514. The summed E-state index contributed by atoms with van der Waals surface area (Å²) in [5.41, 5.74) is 0. The molecule has 0 amide bonds. The average molecular weight is 231 g/mol. The summed E-state index contributed by atoms with van der Waals surface area (Å²) in [6, 6.07) is 0. The van der Waals surface area contributed by atoms with Gasteiger partial charge in [0.05, 0.1) is 13.2 Å². The van der Waals surface area contributed by atoms with E-state index in [0.717, 1.165) is 23.9 Å². The largest absolute Gasteiger partial charge is 0.394 e. The van der Waals surface area contributed by atoms with Crippen LogP contribution in [0.15, 0.2) is 5.16 Å². The lowest BCUT2D eigenvalue weighted by atomic mass is 10.5. The molecule has 0 bridgehead atoms. The highest BCUT2D eigenvalue weighted by atomic mass is 32.2. The number of thioether (sulfide) groups is 1. The van der Waals surface area contributed by atoms with Gasteiger partial charge in [-0.15, -0.1) is 5.10 Å². The van der Waals surface area contributed by atoms with Crippen LogP contribution in [-0.4, -0.2) is 63.2 Å². The van der Waals surface area contributed by atoms with E-state index >= 15 is 0 Å². The standard InChI is InChI=1S/C8H17N5OS/c1-12(2)4-3-7-15-8-9-10-11-13(8)5-6-14/h14H,3-7H2,1-2H3.